The molecule has 0 unspecified atom stereocenters. The zero-order valence-electron chi connectivity index (χ0n) is 14.9. The summed E-state index contributed by atoms with van der Waals surface area (Å²) in [5, 5.41) is 0.593. The highest BCUT2D eigenvalue weighted by Crippen LogP contribution is 2.30. The van der Waals surface area contributed by atoms with Crippen molar-refractivity contribution in [2.45, 2.75) is 46.6 Å². The molecule has 1 heterocycles. The van der Waals surface area contributed by atoms with Crippen LogP contribution in [0.15, 0.2) is 18.2 Å². The molecule has 0 aliphatic carbocycles. The van der Waals surface area contributed by atoms with Gasteiger partial charge in [0.1, 0.15) is 5.60 Å². The summed E-state index contributed by atoms with van der Waals surface area (Å²) < 4.78 is 5.40. The molecule has 1 aromatic rings. The van der Waals surface area contributed by atoms with Gasteiger partial charge in [0.25, 0.3) is 0 Å². The van der Waals surface area contributed by atoms with Crippen LogP contribution >= 0.6 is 11.6 Å². The number of ether oxygens (including phenoxy) is 1. The molecule has 4 nitrogen and oxygen atoms in total. The second kappa shape index (κ2) is 6.98. The first kappa shape index (κ1) is 18.5. The Hall–Kier alpha value is -1.81. The van der Waals surface area contributed by atoms with Gasteiger partial charge in [0, 0.05) is 23.7 Å². The number of Topliss-reactive ketones (excluding diaryl/α,β-unsaturated/α-hetero) is 1. The van der Waals surface area contributed by atoms with Gasteiger partial charge in [-0.25, -0.2) is 4.79 Å². The van der Waals surface area contributed by atoms with Crippen molar-refractivity contribution in [3.8, 4) is 0 Å². The summed E-state index contributed by atoms with van der Waals surface area (Å²) in [6.07, 6.45) is 2.36. The fourth-order valence-corrected chi connectivity index (χ4v) is 2.81. The number of aryl methyl sites for hydroxylation is 1. The lowest BCUT2D eigenvalue weighted by atomic mass is 9.92. The molecule has 0 spiro atoms. The fraction of sp³-hybridized carbons (Fsp3) is 0.474. The molecule has 0 aromatic heterocycles. The third kappa shape index (κ3) is 4.38. The average Bonchev–Trinajstić information content (AvgIpc) is 2.48. The van der Waals surface area contributed by atoms with Crippen molar-refractivity contribution in [3.63, 3.8) is 0 Å². The Balaban J connectivity index is 2.23. The standard InChI is InChI=1S/C19H24ClNO3/c1-12-10-16(15(13(2)22)11-17(12)20)14-6-8-21(9-7-14)18(23)24-19(3,4)5/h6,10-11H,7-9H2,1-5H3. The highest BCUT2D eigenvalue weighted by atomic mass is 35.5. The first-order valence-electron chi connectivity index (χ1n) is 8.07. The molecule has 0 N–H and O–H groups in total. The van der Waals surface area contributed by atoms with E-state index in [1.165, 1.54) is 0 Å². The zero-order valence-corrected chi connectivity index (χ0v) is 15.7. The van der Waals surface area contributed by atoms with Gasteiger partial charge in [-0.05, 0) is 69.9 Å². The molecular weight excluding hydrogens is 326 g/mol. The van der Waals surface area contributed by atoms with Gasteiger partial charge in [0.15, 0.2) is 5.78 Å². The largest absolute Gasteiger partial charge is 0.444 e. The van der Waals surface area contributed by atoms with Gasteiger partial charge in [-0.15, -0.1) is 0 Å². The van der Waals surface area contributed by atoms with Crippen molar-refractivity contribution in [1.82, 2.24) is 4.90 Å². The number of carbonyl (C=O) groups excluding carboxylic acids is 2. The van der Waals surface area contributed by atoms with E-state index in [0.29, 0.717) is 30.1 Å². The van der Waals surface area contributed by atoms with Crippen LogP contribution in [0.4, 0.5) is 4.79 Å². The number of benzene rings is 1. The molecule has 0 saturated carbocycles. The molecule has 1 aliphatic rings. The molecule has 0 saturated heterocycles. The molecule has 24 heavy (non-hydrogen) atoms. The van der Waals surface area contributed by atoms with E-state index in [4.69, 9.17) is 16.3 Å². The maximum atomic E-state index is 12.1. The van der Waals surface area contributed by atoms with Crippen LogP contribution in [0.2, 0.25) is 5.02 Å². The Labute approximate surface area is 148 Å². The van der Waals surface area contributed by atoms with Crippen molar-refractivity contribution in [1.29, 1.82) is 0 Å². The predicted octanol–water partition coefficient (Wildman–Crippen LogP) is 4.88. The van der Waals surface area contributed by atoms with E-state index in [1.807, 2.05) is 39.8 Å². The normalized spacial score (nSPS) is 15.1. The molecule has 130 valence electrons. The third-order valence-corrected chi connectivity index (χ3v) is 4.29. The zero-order chi connectivity index (χ0) is 18.1. The van der Waals surface area contributed by atoms with Gasteiger partial charge in [0.05, 0.1) is 0 Å². The van der Waals surface area contributed by atoms with E-state index >= 15 is 0 Å². The Morgan fingerprint density at radius 3 is 2.42 bits per heavy atom. The number of nitrogens with zero attached hydrogens (tertiary/aromatic N) is 1. The summed E-state index contributed by atoms with van der Waals surface area (Å²) in [5.74, 6) is -0.0117. The Morgan fingerprint density at radius 2 is 1.92 bits per heavy atom. The Morgan fingerprint density at radius 1 is 1.25 bits per heavy atom. The van der Waals surface area contributed by atoms with Crippen molar-refractivity contribution >= 4 is 29.1 Å². The molecule has 5 heteroatoms. The van der Waals surface area contributed by atoms with Crippen LogP contribution in [-0.2, 0) is 4.74 Å². The maximum Gasteiger partial charge on any atom is 0.410 e. The molecule has 0 fully saturated rings. The average molecular weight is 350 g/mol. The summed E-state index contributed by atoms with van der Waals surface area (Å²) in [6.45, 7) is 10.1. The van der Waals surface area contributed by atoms with E-state index in [1.54, 1.807) is 17.9 Å². The van der Waals surface area contributed by atoms with Crippen molar-refractivity contribution in [3.05, 3.63) is 39.9 Å². The minimum Gasteiger partial charge on any atom is -0.444 e. The SMILES string of the molecule is CC(=O)c1cc(Cl)c(C)cc1C1=CCN(C(=O)OC(C)(C)C)CC1. The van der Waals surface area contributed by atoms with E-state index in [9.17, 15) is 9.59 Å². The number of amides is 1. The van der Waals surface area contributed by atoms with Crippen LogP contribution in [-0.4, -0.2) is 35.5 Å². The number of ketones is 1. The predicted molar refractivity (Wildman–Crippen MR) is 96.6 cm³/mol. The van der Waals surface area contributed by atoms with Gasteiger partial charge in [-0.1, -0.05) is 17.7 Å². The highest BCUT2D eigenvalue weighted by molar-refractivity contribution is 6.31. The second-order valence-corrected chi connectivity index (χ2v) is 7.52. The number of carbonyl (C=O) groups is 2. The molecule has 0 bridgehead atoms. The quantitative estimate of drug-likeness (QED) is 0.715. The Kier molecular flexibility index (Phi) is 5.38. The van der Waals surface area contributed by atoms with Gasteiger partial charge in [-0.3, -0.25) is 4.79 Å². The van der Waals surface area contributed by atoms with Crippen LogP contribution in [0.25, 0.3) is 5.57 Å². The number of hydrogen-bond acceptors (Lipinski definition) is 3. The molecule has 0 radical (unpaired) electrons. The number of hydrogen-bond donors (Lipinski definition) is 0. The maximum absolute atomic E-state index is 12.1. The van der Waals surface area contributed by atoms with Crippen LogP contribution in [0, 0.1) is 6.92 Å². The lowest BCUT2D eigenvalue weighted by Gasteiger charge is -2.30. The van der Waals surface area contributed by atoms with Crippen molar-refractivity contribution in [2.24, 2.45) is 0 Å². The van der Waals surface area contributed by atoms with Gasteiger partial charge in [-0.2, -0.15) is 0 Å². The van der Waals surface area contributed by atoms with Crippen LogP contribution in [0.3, 0.4) is 0 Å². The minimum absolute atomic E-state index is 0.0117. The molecule has 0 atom stereocenters. The second-order valence-electron chi connectivity index (χ2n) is 7.11. The molecular formula is C19H24ClNO3. The monoisotopic (exact) mass is 349 g/mol. The van der Waals surface area contributed by atoms with E-state index in [2.05, 4.69) is 0 Å². The van der Waals surface area contributed by atoms with Crippen LogP contribution in [0.5, 0.6) is 0 Å². The van der Waals surface area contributed by atoms with Gasteiger partial charge < -0.3 is 9.64 Å². The number of rotatable bonds is 2. The highest BCUT2D eigenvalue weighted by Gasteiger charge is 2.25. The lowest BCUT2D eigenvalue weighted by molar-refractivity contribution is 0.0270. The van der Waals surface area contributed by atoms with E-state index in [-0.39, 0.29) is 11.9 Å². The smallest absolute Gasteiger partial charge is 0.410 e. The first-order valence-corrected chi connectivity index (χ1v) is 8.44. The van der Waals surface area contributed by atoms with Crippen molar-refractivity contribution in [2.75, 3.05) is 13.1 Å². The molecule has 1 aromatic carbocycles. The van der Waals surface area contributed by atoms with E-state index in [0.717, 1.165) is 16.7 Å². The van der Waals surface area contributed by atoms with Gasteiger partial charge >= 0.3 is 6.09 Å². The number of halogens is 1. The first-order chi connectivity index (χ1) is 11.1. The van der Waals surface area contributed by atoms with Crippen LogP contribution < -0.4 is 0 Å². The topological polar surface area (TPSA) is 46.6 Å². The summed E-state index contributed by atoms with van der Waals surface area (Å²) >= 11 is 6.15. The van der Waals surface area contributed by atoms with Crippen molar-refractivity contribution < 1.29 is 14.3 Å². The molecule has 1 amide bonds. The third-order valence-electron chi connectivity index (χ3n) is 3.88. The summed E-state index contributed by atoms with van der Waals surface area (Å²) in [7, 11) is 0. The molecule has 2 rings (SSSR count). The summed E-state index contributed by atoms with van der Waals surface area (Å²) in [5.41, 5.74) is 3.04. The van der Waals surface area contributed by atoms with Gasteiger partial charge in [0.2, 0.25) is 0 Å². The fourth-order valence-electron chi connectivity index (χ4n) is 2.64. The summed E-state index contributed by atoms with van der Waals surface area (Å²) in [4.78, 5) is 25.7. The van der Waals surface area contributed by atoms with Crippen LogP contribution in [0.1, 0.15) is 55.6 Å². The minimum atomic E-state index is -0.504. The molecule has 1 aliphatic heterocycles. The summed E-state index contributed by atoms with van der Waals surface area (Å²) in [6, 6.07) is 3.68. The Bertz CT molecular complexity index is 701. The van der Waals surface area contributed by atoms with E-state index < -0.39 is 5.60 Å². The lowest BCUT2D eigenvalue weighted by Crippen LogP contribution is -2.39.